The minimum absolute atomic E-state index is 0.0399. The summed E-state index contributed by atoms with van der Waals surface area (Å²) in [6.07, 6.45) is 2.62. The molecule has 0 radical (unpaired) electrons. The van der Waals surface area contributed by atoms with Crippen LogP contribution in [0, 0.1) is 0 Å². The van der Waals surface area contributed by atoms with Crippen LogP contribution in [0.15, 0.2) is 66.7 Å². The minimum Gasteiger partial charge on any atom is -0.477 e. The second-order valence-corrected chi connectivity index (χ2v) is 9.31. The predicted octanol–water partition coefficient (Wildman–Crippen LogP) is 5.40. The molecule has 0 unspecified atom stereocenters. The van der Waals surface area contributed by atoms with Crippen LogP contribution >= 0.6 is 11.3 Å². The van der Waals surface area contributed by atoms with E-state index in [2.05, 4.69) is 10.2 Å². The molecule has 0 bridgehead atoms. The van der Waals surface area contributed by atoms with Crippen molar-refractivity contribution >= 4 is 49.8 Å². The highest BCUT2D eigenvalue weighted by molar-refractivity contribution is 7.21. The van der Waals surface area contributed by atoms with Gasteiger partial charge in [0.2, 0.25) is 5.91 Å². The van der Waals surface area contributed by atoms with Crippen molar-refractivity contribution in [3.8, 4) is 0 Å². The molecular weight excluding hydrogens is 420 g/mol. The minimum atomic E-state index is -0.876. The van der Waals surface area contributed by atoms with E-state index in [-0.39, 0.29) is 11.9 Å². The van der Waals surface area contributed by atoms with E-state index in [1.807, 2.05) is 66.7 Å². The Morgan fingerprint density at radius 1 is 1.00 bits per heavy atom. The summed E-state index contributed by atoms with van der Waals surface area (Å²) in [7, 11) is 0. The van der Waals surface area contributed by atoms with Gasteiger partial charge in [-0.2, -0.15) is 0 Å². The first-order valence-electron chi connectivity index (χ1n) is 10.9. The maximum atomic E-state index is 12.9. The molecule has 1 saturated heterocycles. The number of thiophene rings is 1. The summed E-state index contributed by atoms with van der Waals surface area (Å²) < 4.78 is 0.998. The topological polar surface area (TPSA) is 69.6 Å². The molecule has 1 aliphatic heterocycles. The Bertz CT molecular complexity index is 1310. The summed E-state index contributed by atoms with van der Waals surface area (Å²) in [4.78, 5) is 27.4. The molecule has 162 valence electrons. The van der Waals surface area contributed by atoms with Crippen molar-refractivity contribution in [2.75, 3.05) is 18.4 Å². The number of hydrogen-bond donors (Lipinski definition) is 2. The van der Waals surface area contributed by atoms with E-state index >= 15 is 0 Å². The number of aromatic carboxylic acids is 1. The Balaban J connectivity index is 1.33. The molecule has 1 fully saturated rings. The van der Waals surface area contributed by atoms with Gasteiger partial charge < -0.3 is 10.4 Å². The Labute approximate surface area is 190 Å². The van der Waals surface area contributed by atoms with Crippen LogP contribution in [0.1, 0.15) is 28.1 Å². The van der Waals surface area contributed by atoms with Gasteiger partial charge in [0.25, 0.3) is 0 Å². The lowest BCUT2D eigenvalue weighted by Gasteiger charge is -2.24. The first-order chi connectivity index (χ1) is 15.6. The summed E-state index contributed by atoms with van der Waals surface area (Å²) >= 11 is 1.34. The summed E-state index contributed by atoms with van der Waals surface area (Å²) in [6, 6.07) is 21.9. The molecule has 2 heterocycles. The van der Waals surface area contributed by atoms with Gasteiger partial charge in [-0.05, 0) is 54.3 Å². The zero-order chi connectivity index (χ0) is 22.1. The molecule has 0 aliphatic carbocycles. The van der Waals surface area contributed by atoms with E-state index in [4.69, 9.17) is 0 Å². The van der Waals surface area contributed by atoms with E-state index in [1.54, 1.807) is 0 Å². The van der Waals surface area contributed by atoms with Crippen molar-refractivity contribution in [1.82, 2.24) is 4.90 Å². The van der Waals surface area contributed by atoms with Crippen LogP contribution in [0.3, 0.4) is 0 Å². The van der Waals surface area contributed by atoms with Gasteiger partial charge in [0.15, 0.2) is 0 Å². The van der Waals surface area contributed by atoms with Crippen LogP contribution in [0.5, 0.6) is 0 Å². The zero-order valence-corrected chi connectivity index (χ0v) is 18.4. The molecule has 1 aromatic heterocycles. The maximum Gasteiger partial charge on any atom is 0.346 e. The van der Waals surface area contributed by atoms with Gasteiger partial charge in [0.05, 0.1) is 6.54 Å². The van der Waals surface area contributed by atoms with E-state index in [1.165, 1.54) is 11.3 Å². The Morgan fingerprint density at radius 3 is 2.59 bits per heavy atom. The van der Waals surface area contributed by atoms with Crippen molar-refractivity contribution in [3.63, 3.8) is 0 Å². The number of carboxylic acid groups (broad SMARTS) is 1. The highest BCUT2D eigenvalue weighted by atomic mass is 32.1. The third-order valence-electron chi connectivity index (χ3n) is 6.24. The lowest BCUT2D eigenvalue weighted by molar-refractivity contribution is -0.117. The van der Waals surface area contributed by atoms with Crippen LogP contribution in [0.2, 0.25) is 0 Å². The molecule has 4 aromatic rings. The van der Waals surface area contributed by atoms with Gasteiger partial charge in [-0.1, -0.05) is 54.6 Å². The first kappa shape index (κ1) is 20.7. The summed E-state index contributed by atoms with van der Waals surface area (Å²) in [6.45, 7) is 1.15. The smallest absolute Gasteiger partial charge is 0.346 e. The Hall–Kier alpha value is -3.22. The SMILES string of the molecule is O=C(CN1CCC[C@@H]1Cc1c(C(=O)O)sc2ccccc12)Nc1cccc2ccccc12. The molecule has 32 heavy (non-hydrogen) atoms. The number of likely N-dealkylation sites (tertiary alicyclic amines) is 1. The highest BCUT2D eigenvalue weighted by Gasteiger charge is 2.29. The third-order valence-corrected chi connectivity index (χ3v) is 7.44. The molecule has 3 aromatic carbocycles. The highest BCUT2D eigenvalue weighted by Crippen LogP contribution is 2.34. The number of fused-ring (bicyclic) bond motifs is 2. The molecule has 0 saturated carbocycles. The lowest BCUT2D eigenvalue weighted by atomic mass is 10.0. The van der Waals surface area contributed by atoms with Crippen molar-refractivity contribution in [1.29, 1.82) is 0 Å². The molecule has 5 rings (SSSR count). The van der Waals surface area contributed by atoms with Crippen molar-refractivity contribution in [2.24, 2.45) is 0 Å². The first-order valence-corrected chi connectivity index (χ1v) is 11.7. The fourth-order valence-corrected chi connectivity index (χ4v) is 5.82. The number of amides is 1. The monoisotopic (exact) mass is 444 g/mol. The van der Waals surface area contributed by atoms with Gasteiger partial charge >= 0.3 is 5.97 Å². The molecule has 2 N–H and O–H groups in total. The quantitative estimate of drug-likeness (QED) is 0.418. The average Bonchev–Trinajstić information content (AvgIpc) is 3.39. The van der Waals surface area contributed by atoms with E-state index in [0.29, 0.717) is 17.8 Å². The lowest BCUT2D eigenvalue weighted by Crippen LogP contribution is -2.38. The summed E-state index contributed by atoms with van der Waals surface area (Å²) in [5, 5.41) is 15.9. The number of nitrogens with zero attached hydrogens (tertiary/aromatic N) is 1. The maximum absolute atomic E-state index is 12.9. The molecular formula is C26H24N2O3S. The number of rotatable bonds is 6. The zero-order valence-electron chi connectivity index (χ0n) is 17.6. The van der Waals surface area contributed by atoms with E-state index in [9.17, 15) is 14.7 Å². The number of hydrogen-bond acceptors (Lipinski definition) is 4. The fraction of sp³-hybridized carbons (Fsp3) is 0.231. The number of carbonyl (C=O) groups is 2. The molecule has 1 aliphatic rings. The second-order valence-electron chi connectivity index (χ2n) is 8.26. The van der Waals surface area contributed by atoms with E-state index in [0.717, 1.165) is 51.5 Å². The largest absolute Gasteiger partial charge is 0.477 e. The fourth-order valence-electron chi connectivity index (χ4n) is 4.75. The van der Waals surface area contributed by atoms with Gasteiger partial charge in [0.1, 0.15) is 4.88 Å². The van der Waals surface area contributed by atoms with Crippen LogP contribution in [0.4, 0.5) is 5.69 Å². The van der Waals surface area contributed by atoms with Gasteiger partial charge in [-0.25, -0.2) is 4.79 Å². The summed E-state index contributed by atoms with van der Waals surface area (Å²) in [5.41, 5.74) is 1.71. The number of carboxylic acids is 1. The molecule has 1 atom stereocenters. The second kappa shape index (κ2) is 8.73. The van der Waals surface area contributed by atoms with Crippen LogP contribution in [0.25, 0.3) is 20.9 Å². The summed E-state index contributed by atoms with van der Waals surface area (Å²) in [5.74, 6) is -0.915. The normalized spacial score (nSPS) is 16.6. The van der Waals surface area contributed by atoms with Crippen LogP contribution < -0.4 is 5.32 Å². The third kappa shape index (κ3) is 3.99. The van der Waals surface area contributed by atoms with Crippen molar-refractivity contribution in [3.05, 3.63) is 77.2 Å². The van der Waals surface area contributed by atoms with Gasteiger partial charge in [-0.3, -0.25) is 9.69 Å². The Morgan fingerprint density at radius 2 is 1.75 bits per heavy atom. The predicted molar refractivity (Wildman–Crippen MR) is 130 cm³/mol. The molecule has 0 spiro atoms. The average molecular weight is 445 g/mol. The molecule has 6 heteroatoms. The Kier molecular flexibility index (Phi) is 5.64. The standard InChI is InChI=1S/C26H24N2O3S/c29-24(27-22-12-5-8-17-7-1-2-10-19(17)22)16-28-14-6-9-18(28)15-21-20-11-3-4-13-23(20)32-25(21)26(30)31/h1-5,7-8,10-13,18H,6,9,14-16H2,(H,27,29)(H,30,31)/t18-/m1/s1. The van der Waals surface area contributed by atoms with Crippen LogP contribution in [-0.4, -0.2) is 41.0 Å². The number of anilines is 1. The number of nitrogens with one attached hydrogen (secondary N) is 1. The van der Waals surface area contributed by atoms with Gasteiger partial charge in [0, 0.05) is 21.8 Å². The van der Waals surface area contributed by atoms with E-state index < -0.39 is 5.97 Å². The molecule has 5 nitrogen and oxygen atoms in total. The number of benzene rings is 3. The number of carbonyl (C=O) groups excluding carboxylic acids is 1. The van der Waals surface area contributed by atoms with Crippen LogP contribution in [-0.2, 0) is 11.2 Å². The van der Waals surface area contributed by atoms with Crippen molar-refractivity contribution in [2.45, 2.75) is 25.3 Å². The van der Waals surface area contributed by atoms with Crippen molar-refractivity contribution < 1.29 is 14.7 Å². The van der Waals surface area contributed by atoms with Gasteiger partial charge in [-0.15, -0.1) is 11.3 Å². The molecule has 1 amide bonds.